The van der Waals surface area contributed by atoms with Crippen molar-refractivity contribution in [3.8, 4) is 0 Å². The Hall–Kier alpha value is -1.64. The van der Waals surface area contributed by atoms with Crippen LogP contribution in [0.4, 0.5) is 0 Å². The molecule has 1 heterocycles. The van der Waals surface area contributed by atoms with E-state index in [0.717, 1.165) is 36.8 Å². The summed E-state index contributed by atoms with van der Waals surface area (Å²) in [6.45, 7) is 14.8. The van der Waals surface area contributed by atoms with Crippen molar-refractivity contribution in [1.29, 1.82) is 0 Å². The van der Waals surface area contributed by atoms with Crippen LogP contribution in [-0.2, 0) is 9.59 Å². The first-order chi connectivity index (χ1) is 11.6. The quantitative estimate of drug-likeness (QED) is 0.681. The number of fused-ring (bicyclic) bond motifs is 1. The number of aldehydes is 1. The maximum absolute atomic E-state index is 13.0. The van der Waals surface area contributed by atoms with Crippen LogP contribution in [0.25, 0.3) is 0 Å². The second kappa shape index (κ2) is 6.93. The van der Waals surface area contributed by atoms with Crippen LogP contribution in [-0.4, -0.2) is 24.1 Å². The standard InChI is InChI=1S/C22H33NO2/c1-8-17-18(12-16(4)15(2)3)23(7)20(25)13-19-21(5,14-24)10-9-11-22(17,19)6/h8,12,14-15,19H,1,9-11,13H2,2-7H3/b16-12+. The summed E-state index contributed by atoms with van der Waals surface area (Å²) in [7, 11) is 1.85. The molecule has 2 rings (SSSR count). The molecule has 1 aliphatic heterocycles. The van der Waals surface area contributed by atoms with Gasteiger partial charge in [0.05, 0.1) is 0 Å². The van der Waals surface area contributed by atoms with Crippen molar-refractivity contribution in [3.05, 3.63) is 35.6 Å². The topological polar surface area (TPSA) is 37.4 Å². The van der Waals surface area contributed by atoms with Crippen molar-refractivity contribution in [2.45, 2.75) is 60.3 Å². The summed E-state index contributed by atoms with van der Waals surface area (Å²) < 4.78 is 0. The molecule has 0 saturated heterocycles. The number of nitrogens with zero attached hydrogens (tertiary/aromatic N) is 1. The van der Waals surface area contributed by atoms with Gasteiger partial charge < -0.3 is 9.69 Å². The minimum atomic E-state index is -0.454. The van der Waals surface area contributed by atoms with Crippen LogP contribution in [0, 0.1) is 22.7 Å². The molecule has 0 aromatic heterocycles. The second-order valence-corrected chi connectivity index (χ2v) is 8.65. The van der Waals surface area contributed by atoms with Gasteiger partial charge in [0.25, 0.3) is 0 Å². The summed E-state index contributed by atoms with van der Waals surface area (Å²) in [4.78, 5) is 26.7. The molecule has 0 spiro atoms. The largest absolute Gasteiger partial charge is 0.315 e. The first kappa shape index (κ1) is 19.7. The van der Waals surface area contributed by atoms with Crippen molar-refractivity contribution in [3.63, 3.8) is 0 Å². The average Bonchev–Trinajstić information content (AvgIpc) is 2.63. The molecule has 0 aromatic carbocycles. The molecule has 0 bridgehead atoms. The Bertz CT molecular complexity index is 642. The fourth-order valence-corrected chi connectivity index (χ4v) is 4.65. The Balaban J connectivity index is 2.73. The van der Waals surface area contributed by atoms with Crippen LogP contribution >= 0.6 is 0 Å². The van der Waals surface area contributed by atoms with Crippen LogP contribution in [0.5, 0.6) is 0 Å². The van der Waals surface area contributed by atoms with Gasteiger partial charge in [-0.15, -0.1) is 0 Å². The monoisotopic (exact) mass is 343 g/mol. The van der Waals surface area contributed by atoms with E-state index in [4.69, 9.17) is 0 Å². The van der Waals surface area contributed by atoms with Gasteiger partial charge in [-0.3, -0.25) is 4.79 Å². The van der Waals surface area contributed by atoms with Crippen molar-refractivity contribution in [2.75, 3.05) is 7.05 Å². The van der Waals surface area contributed by atoms with E-state index in [0.29, 0.717) is 12.3 Å². The van der Waals surface area contributed by atoms with Gasteiger partial charge in [0.1, 0.15) is 6.29 Å². The number of carbonyl (C=O) groups excluding carboxylic acids is 2. The summed E-state index contributed by atoms with van der Waals surface area (Å²) in [6, 6.07) is 0. The van der Waals surface area contributed by atoms with Gasteiger partial charge in [0, 0.05) is 24.6 Å². The second-order valence-electron chi connectivity index (χ2n) is 8.65. The highest BCUT2D eigenvalue weighted by Crippen LogP contribution is 2.57. The van der Waals surface area contributed by atoms with Gasteiger partial charge >= 0.3 is 0 Å². The lowest BCUT2D eigenvalue weighted by atomic mass is 9.53. The molecule has 3 heteroatoms. The van der Waals surface area contributed by atoms with E-state index in [2.05, 4.69) is 40.3 Å². The summed E-state index contributed by atoms with van der Waals surface area (Å²) >= 11 is 0. The molecule has 25 heavy (non-hydrogen) atoms. The number of hydrogen-bond donors (Lipinski definition) is 0. The zero-order valence-electron chi connectivity index (χ0n) is 16.7. The third kappa shape index (κ3) is 3.26. The van der Waals surface area contributed by atoms with E-state index in [1.54, 1.807) is 4.90 Å². The molecule has 3 nitrogen and oxygen atoms in total. The van der Waals surface area contributed by atoms with Gasteiger partial charge in [-0.05, 0) is 48.7 Å². The molecular formula is C22H33NO2. The molecule has 1 aliphatic carbocycles. The summed E-state index contributed by atoms with van der Waals surface area (Å²) in [5.41, 5.74) is 2.64. The van der Waals surface area contributed by atoms with Crippen molar-refractivity contribution >= 4 is 12.2 Å². The molecule has 3 atom stereocenters. The SMILES string of the molecule is C=CC1=C(/C=C(\C)C(C)C)N(C)C(=O)CC2C(C)(C=O)CCCC12C. The zero-order chi connectivity index (χ0) is 19.0. The van der Waals surface area contributed by atoms with Crippen LogP contribution < -0.4 is 0 Å². The molecule has 1 amide bonds. The molecule has 1 saturated carbocycles. The Morgan fingerprint density at radius 1 is 1.32 bits per heavy atom. The summed E-state index contributed by atoms with van der Waals surface area (Å²) in [5, 5.41) is 0. The van der Waals surface area contributed by atoms with E-state index < -0.39 is 5.41 Å². The Morgan fingerprint density at radius 2 is 1.96 bits per heavy atom. The van der Waals surface area contributed by atoms with Crippen LogP contribution in [0.2, 0.25) is 0 Å². The Kier molecular flexibility index (Phi) is 5.46. The van der Waals surface area contributed by atoms with Crippen LogP contribution in [0.15, 0.2) is 35.6 Å². The molecule has 3 unspecified atom stereocenters. The van der Waals surface area contributed by atoms with E-state index in [9.17, 15) is 9.59 Å². The van der Waals surface area contributed by atoms with Gasteiger partial charge in [-0.2, -0.15) is 0 Å². The first-order valence-corrected chi connectivity index (χ1v) is 9.39. The maximum Gasteiger partial charge on any atom is 0.227 e. The number of hydrogen-bond acceptors (Lipinski definition) is 2. The number of rotatable bonds is 4. The van der Waals surface area contributed by atoms with Gasteiger partial charge in [0.15, 0.2) is 0 Å². The smallest absolute Gasteiger partial charge is 0.227 e. The molecule has 0 N–H and O–H groups in total. The van der Waals surface area contributed by atoms with Crippen molar-refractivity contribution in [2.24, 2.45) is 22.7 Å². The molecule has 138 valence electrons. The van der Waals surface area contributed by atoms with Crippen LogP contribution in [0.1, 0.15) is 60.3 Å². The normalized spacial score (nSPS) is 34.0. The molecular weight excluding hydrogens is 310 g/mol. The lowest BCUT2D eigenvalue weighted by Crippen LogP contribution is -2.46. The van der Waals surface area contributed by atoms with Crippen molar-refractivity contribution < 1.29 is 9.59 Å². The number of allylic oxidation sites excluding steroid dienone is 4. The number of amides is 1. The van der Waals surface area contributed by atoms with Gasteiger partial charge in [-0.1, -0.05) is 52.3 Å². The summed E-state index contributed by atoms with van der Waals surface area (Å²) in [5.74, 6) is 0.519. The minimum Gasteiger partial charge on any atom is -0.315 e. The molecule has 0 aromatic rings. The van der Waals surface area contributed by atoms with E-state index in [-0.39, 0.29) is 17.2 Å². The number of likely N-dealkylation sites (N-methyl/N-ethyl adjacent to an activating group) is 1. The fourth-order valence-electron chi connectivity index (χ4n) is 4.65. The minimum absolute atomic E-state index is 0.0134. The molecule has 1 fully saturated rings. The van der Waals surface area contributed by atoms with E-state index >= 15 is 0 Å². The Labute approximate surface area is 152 Å². The van der Waals surface area contributed by atoms with E-state index in [1.165, 1.54) is 5.57 Å². The summed E-state index contributed by atoms with van der Waals surface area (Å²) in [6.07, 6.45) is 8.40. The van der Waals surface area contributed by atoms with Crippen molar-refractivity contribution in [1.82, 2.24) is 4.90 Å². The highest BCUT2D eigenvalue weighted by atomic mass is 16.2. The van der Waals surface area contributed by atoms with Crippen LogP contribution in [0.3, 0.4) is 0 Å². The maximum atomic E-state index is 13.0. The zero-order valence-corrected chi connectivity index (χ0v) is 16.7. The fraction of sp³-hybridized carbons (Fsp3) is 0.636. The number of carbonyl (C=O) groups is 2. The predicted molar refractivity (Wildman–Crippen MR) is 103 cm³/mol. The predicted octanol–water partition coefficient (Wildman–Crippen LogP) is 4.90. The molecule has 2 aliphatic rings. The average molecular weight is 344 g/mol. The third-order valence-electron chi connectivity index (χ3n) is 6.73. The Morgan fingerprint density at radius 3 is 2.48 bits per heavy atom. The van der Waals surface area contributed by atoms with E-state index in [1.807, 2.05) is 20.0 Å². The first-order valence-electron chi connectivity index (χ1n) is 9.39. The highest BCUT2D eigenvalue weighted by Gasteiger charge is 2.53. The molecule has 0 radical (unpaired) electrons. The van der Waals surface area contributed by atoms with Gasteiger partial charge in [0.2, 0.25) is 5.91 Å². The third-order valence-corrected chi connectivity index (χ3v) is 6.73. The lowest BCUT2D eigenvalue weighted by molar-refractivity contribution is -0.134. The highest BCUT2D eigenvalue weighted by molar-refractivity contribution is 5.81. The lowest BCUT2D eigenvalue weighted by Gasteiger charge is -2.49. The van der Waals surface area contributed by atoms with Gasteiger partial charge in [-0.25, -0.2) is 0 Å².